The number of hydrogen-bond donors (Lipinski definition) is 0. The Balaban J connectivity index is 0. The number of hydrogen-bond acceptors (Lipinski definition) is 3. The van der Waals surface area contributed by atoms with Crippen molar-refractivity contribution in [2.24, 2.45) is 0 Å². The Labute approximate surface area is 58.6 Å². The van der Waals surface area contributed by atoms with Gasteiger partial charge in [0.05, 0.1) is 0 Å². The third kappa shape index (κ3) is 42.8. The van der Waals surface area contributed by atoms with E-state index in [1.807, 2.05) is 12.5 Å². The van der Waals surface area contributed by atoms with E-state index in [0.29, 0.717) is 0 Å². The molecule has 0 aromatic heterocycles. The lowest BCUT2D eigenvalue weighted by atomic mass is 11.9. The van der Waals surface area contributed by atoms with Crippen LogP contribution in [-0.2, 0) is 0 Å². The summed E-state index contributed by atoms with van der Waals surface area (Å²) < 4.78 is 0. The first-order valence-corrected chi connectivity index (χ1v) is 6.40. The highest BCUT2D eigenvalue weighted by atomic mass is 33.1. The molecular weight excluding hydrogens is 144 g/mol. The van der Waals surface area contributed by atoms with Crippen molar-refractivity contribution in [3.63, 3.8) is 0 Å². The van der Waals surface area contributed by atoms with Gasteiger partial charge in [-0.3, -0.25) is 0 Å². The van der Waals surface area contributed by atoms with Gasteiger partial charge in [-0.25, -0.2) is 0 Å². The van der Waals surface area contributed by atoms with E-state index in [1.165, 1.54) is 0 Å². The molecule has 0 rings (SSSR count). The van der Waals surface area contributed by atoms with Gasteiger partial charge in [0, 0.05) is 0 Å². The van der Waals surface area contributed by atoms with Crippen molar-refractivity contribution >= 4 is 33.3 Å². The van der Waals surface area contributed by atoms with Crippen LogP contribution in [0.4, 0.5) is 0 Å². The zero-order chi connectivity index (χ0) is 6.12. The molecule has 0 bridgehead atoms. The zero-order valence-electron chi connectivity index (χ0n) is 5.22. The molecule has 3 heteroatoms. The maximum Gasteiger partial charge on any atom is -0.00793 e. The fraction of sp³-hybridized carbons (Fsp3) is 1.00. The average Bonchev–Trinajstić information content (AvgIpc) is 1.69. The van der Waals surface area contributed by atoms with Gasteiger partial charge in [0.2, 0.25) is 0 Å². The lowest BCUT2D eigenvalue weighted by molar-refractivity contribution is 2.37. The summed E-state index contributed by atoms with van der Waals surface area (Å²) in [4.78, 5) is 0. The molecule has 0 amide bonds. The van der Waals surface area contributed by atoms with Crippen LogP contribution in [0.3, 0.4) is 0 Å². The molecule has 0 aliphatic rings. The lowest BCUT2D eigenvalue weighted by Gasteiger charge is -1.69. The third-order valence-electron chi connectivity index (χ3n) is 0.167. The predicted octanol–water partition coefficient (Wildman–Crippen LogP) is 2.61. The first-order chi connectivity index (χ1) is 3.33. The third-order valence-corrected chi connectivity index (χ3v) is 1.50. The Morgan fingerprint density at radius 3 is 0.857 bits per heavy atom. The van der Waals surface area contributed by atoms with E-state index in [4.69, 9.17) is 0 Å². The van der Waals surface area contributed by atoms with Gasteiger partial charge in [-0.05, 0) is 25.0 Å². The molecule has 0 nitrogen and oxygen atoms in total. The first kappa shape index (κ1) is 10.9. The summed E-state index contributed by atoms with van der Waals surface area (Å²) in [5.74, 6) is 0. The molecule has 0 unspecified atom stereocenters. The van der Waals surface area contributed by atoms with E-state index in [-0.39, 0.29) is 0 Å². The van der Waals surface area contributed by atoms with Gasteiger partial charge in [-0.1, -0.05) is 21.6 Å². The fourth-order valence-corrected chi connectivity index (χ4v) is 0. The summed E-state index contributed by atoms with van der Waals surface area (Å²) in [6, 6.07) is 0. The summed E-state index contributed by atoms with van der Waals surface area (Å²) in [6.45, 7) is 0. The van der Waals surface area contributed by atoms with Crippen molar-refractivity contribution < 1.29 is 0 Å². The highest BCUT2D eigenvalue weighted by Gasteiger charge is 1.55. The Hall–Kier alpha value is 1.05. The molecule has 0 aromatic carbocycles. The fourth-order valence-electron chi connectivity index (χ4n) is 0. The van der Waals surface area contributed by atoms with Gasteiger partial charge in [0.25, 0.3) is 0 Å². The van der Waals surface area contributed by atoms with Crippen LogP contribution in [-0.4, -0.2) is 25.0 Å². The predicted molar refractivity (Wildman–Crippen MR) is 46.5 cm³/mol. The Morgan fingerprint density at radius 2 is 0.857 bits per heavy atom. The highest BCUT2D eigenvalue weighted by Crippen LogP contribution is 2.09. The second-order valence-corrected chi connectivity index (χ2v) is 4.22. The molecule has 0 aromatic rings. The topological polar surface area (TPSA) is 0 Å². The quantitative estimate of drug-likeness (QED) is 0.536. The summed E-state index contributed by atoms with van der Waals surface area (Å²) in [5.41, 5.74) is 0. The molecule has 0 N–H and O–H groups in total. The van der Waals surface area contributed by atoms with Crippen molar-refractivity contribution in [1.29, 1.82) is 0 Å². The molecule has 0 atom stereocenters. The molecular formula is C4H12S3. The minimum absolute atomic E-state index is 1.75. The lowest BCUT2D eigenvalue weighted by Crippen LogP contribution is -1.28. The van der Waals surface area contributed by atoms with Crippen molar-refractivity contribution in [3.8, 4) is 0 Å². The number of rotatable bonds is 1. The van der Waals surface area contributed by atoms with Gasteiger partial charge in [-0.15, -0.1) is 0 Å². The molecule has 0 spiro atoms. The molecule has 0 aliphatic heterocycles. The Morgan fingerprint density at radius 1 is 0.714 bits per heavy atom. The SMILES string of the molecule is CSC.CSSC. The van der Waals surface area contributed by atoms with Gasteiger partial charge in [0.15, 0.2) is 0 Å². The van der Waals surface area contributed by atoms with E-state index in [1.54, 1.807) is 33.3 Å². The summed E-state index contributed by atoms with van der Waals surface area (Å²) in [7, 11) is 3.55. The largest absolute Gasteiger partial charge is 0.169 e. The summed E-state index contributed by atoms with van der Waals surface area (Å²) in [6.07, 6.45) is 8.20. The standard InChI is InChI=1S/C2H6S2.C2H6S/c1-3-4-2;1-3-2/h1-2H3;1-2H3. The van der Waals surface area contributed by atoms with E-state index in [9.17, 15) is 0 Å². The smallest absolute Gasteiger partial charge is 0.00793 e. The maximum atomic E-state index is 2.06. The van der Waals surface area contributed by atoms with E-state index in [2.05, 4.69) is 12.5 Å². The monoisotopic (exact) mass is 156 g/mol. The van der Waals surface area contributed by atoms with E-state index >= 15 is 0 Å². The van der Waals surface area contributed by atoms with Crippen molar-refractivity contribution in [3.05, 3.63) is 0 Å². The molecule has 0 saturated heterocycles. The van der Waals surface area contributed by atoms with Crippen LogP contribution in [0.1, 0.15) is 0 Å². The Kier molecular flexibility index (Phi) is 24.6. The number of thioether (sulfide) groups is 1. The van der Waals surface area contributed by atoms with Gasteiger partial charge >= 0.3 is 0 Å². The van der Waals surface area contributed by atoms with E-state index in [0.717, 1.165) is 0 Å². The minimum Gasteiger partial charge on any atom is -0.169 e. The van der Waals surface area contributed by atoms with E-state index < -0.39 is 0 Å². The van der Waals surface area contributed by atoms with Crippen molar-refractivity contribution in [2.45, 2.75) is 0 Å². The second-order valence-electron chi connectivity index (χ2n) is 0.742. The molecule has 0 saturated carbocycles. The molecule has 0 heterocycles. The van der Waals surface area contributed by atoms with Crippen LogP contribution < -0.4 is 0 Å². The molecule has 0 aliphatic carbocycles. The summed E-state index contributed by atoms with van der Waals surface area (Å²) in [5, 5.41) is 0. The van der Waals surface area contributed by atoms with Crippen molar-refractivity contribution in [1.82, 2.24) is 0 Å². The van der Waals surface area contributed by atoms with Crippen LogP contribution >= 0.6 is 33.3 Å². The average molecular weight is 156 g/mol. The normalized spacial score (nSPS) is 6.86. The molecule has 46 valence electrons. The zero-order valence-corrected chi connectivity index (χ0v) is 7.67. The summed E-state index contributed by atoms with van der Waals surface area (Å²) >= 11 is 1.75. The van der Waals surface area contributed by atoms with Gasteiger partial charge < -0.3 is 0 Å². The van der Waals surface area contributed by atoms with Crippen LogP contribution in [0.2, 0.25) is 0 Å². The maximum absolute atomic E-state index is 2.06. The van der Waals surface area contributed by atoms with Gasteiger partial charge in [-0.2, -0.15) is 11.8 Å². The van der Waals surface area contributed by atoms with Crippen molar-refractivity contribution in [2.75, 3.05) is 25.0 Å². The van der Waals surface area contributed by atoms with Crippen LogP contribution in [0, 0.1) is 0 Å². The van der Waals surface area contributed by atoms with Crippen LogP contribution in [0.15, 0.2) is 0 Å². The van der Waals surface area contributed by atoms with Gasteiger partial charge in [0.1, 0.15) is 0 Å². The van der Waals surface area contributed by atoms with Crippen LogP contribution in [0.5, 0.6) is 0 Å². The second kappa shape index (κ2) is 15.7. The molecule has 0 radical (unpaired) electrons. The minimum atomic E-state index is 1.75. The molecule has 0 fully saturated rings. The van der Waals surface area contributed by atoms with Crippen LogP contribution in [0.25, 0.3) is 0 Å². The Bertz CT molecular complexity index is 14.4. The molecule has 7 heavy (non-hydrogen) atoms. The highest BCUT2D eigenvalue weighted by molar-refractivity contribution is 8.76. The first-order valence-electron chi connectivity index (χ1n) is 1.80.